The molecule has 9 nitrogen and oxygen atoms in total. The topological polar surface area (TPSA) is 108 Å². The molecule has 0 aliphatic carbocycles. The van der Waals surface area contributed by atoms with Crippen molar-refractivity contribution in [1.29, 1.82) is 0 Å². The summed E-state index contributed by atoms with van der Waals surface area (Å²) in [6.45, 7) is 5.72. The van der Waals surface area contributed by atoms with Crippen LogP contribution in [0.1, 0.15) is 44.0 Å². The SMILES string of the molecule is C[C@@H](COc1ccc(F)cc1-c1ccc(C(=O)N2CCC(N3C(=O)C(C)(C)OC4=C3C=C(Cl)CN4)CC2)c(F)c1)C(=O)O. The van der Waals surface area contributed by atoms with Gasteiger partial charge in [-0.05, 0) is 75.6 Å². The summed E-state index contributed by atoms with van der Waals surface area (Å²) in [7, 11) is 0. The zero-order valence-corrected chi connectivity index (χ0v) is 24.7. The molecule has 228 valence electrons. The Morgan fingerprint density at radius 3 is 2.58 bits per heavy atom. The van der Waals surface area contributed by atoms with Crippen LogP contribution in [0, 0.1) is 17.6 Å². The van der Waals surface area contributed by atoms with Gasteiger partial charge in [-0.2, -0.15) is 0 Å². The Hall–Kier alpha value is -4.12. The minimum absolute atomic E-state index is 0.139. The molecule has 0 spiro atoms. The van der Waals surface area contributed by atoms with Crippen LogP contribution in [0.2, 0.25) is 0 Å². The number of carbonyl (C=O) groups excluding carboxylic acids is 2. The first kappa shape index (κ1) is 30.3. The average Bonchev–Trinajstić information content (AvgIpc) is 2.97. The summed E-state index contributed by atoms with van der Waals surface area (Å²) < 4.78 is 41.0. The van der Waals surface area contributed by atoms with Crippen molar-refractivity contribution < 1.29 is 37.7 Å². The van der Waals surface area contributed by atoms with Crippen LogP contribution >= 0.6 is 11.6 Å². The Kier molecular flexibility index (Phi) is 8.38. The quantitative estimate of drug-likeness (QED) is 0.458. The van der Waals surface area contributed by atoms with E-state index in [0.717, 1.165) is 6.07 Å². The van der Waals surface area contributed by atoms with Crippen LogP contribution in [0.25, 0.3) is 11.1 Å². The maximum atomic E-state index is 15.4. The number of benzene rings is 2. The third kappa shape index (κ3) is 6.17. The molecule has 0 bridgehead atoms. The number of likely N-dealkylation sites (tertiary alicyclic amines) is 1. The smallest absolute Gasteiger partial charge is 0.309 e. The molecule has 5 rings (SSSR count). The molecule has 3 aliphatic heterocycles. The van der Waals surface area contributed by atoms with E-state index in [1.807, 2.05) is 0 Å². The Balaban J connectivity index is 1.30. The Morgan fingerprint density at radius 2 is 1.91 bits per heavy atom. The molecule has 3 heterocycles. The van der Waals surface area contributed by atoms with Gasteiger partial charge in [0, 0.05) is 29.7 Å². The van der Waals surface area contributed by atoms with E-state index >= 15 is 4.39 Å². The van der Waals surface area contributed by atoms with E-state index in [1.165, 1.54) is 37.3 Å². The minimum atomic E-state index is -1.08. The number of allylic oxidation sites excluding steroid dienone is 1. The number of aliphatic carboxylic acids is 1. The second-order valence-electron chi connectivity index (χ2n) is 11.4. The number of piperidine rings is 1. The summed E-state index contributed by atoms with van der Waals surface area (Å²) in [6.07, 6.45) is 2.65. The number of hydrogen-bond acceptors (Lipinski definition) is 6. The second kappa shape index (κ2) is 11.9. The molecular formula is C31H32ClF2N3O6. The van der Waals surface area contributed by atoms with Gasteiger partial charge < -0.3 is 29.7 Å². The molecule has 0 saturated carbocycles. The summed E-state index contributed by atoms with van der Waals surface area (Å²) in [4.78, 5) is 41.1. The number of amides is 2. The zero-order valence-electron chi connectivity index (χ0n) is 24.0. The molecule has 1 saturated heterocycles. The third-order valence-electron chi connectivity index (χ3n) is 7.77. The van der Waals surface area contributed by atoms with Crippen molar-refractivity contribution in [3.05, 3.63) is 76.3 Å². The normalized spacial score (nSPS) is 19.2. The number of ether oxygens (including phenoxy) is 2. The Bertz CT molecular complexity index is 1530. The fraction of sp³-hybridized carbons (Fsp3) is 0.387. The summed E-state index contributed by atoms with van der Waals surface area (Å²) in [5.74, 6) is -3.24. The molecule has 2 N–H and O–H groups in total. The van der Waals surface area contributed by atoms with Gasteiger partial charge >= 0.3 is 5.97 Å². The molecule has 12 heteroatoms. The molecule has 43 heavy (non-hydrogen) atoms. The van der Waals surface area contributed by atoms with E-state index in [2.05, 4.69) is 5.32 Å². The molecule has 2 aromatic carbocycles. The van der Waals surface area contributed by atoms with Crippen molar-refractivity contribution >= 4 is 29.4 Å². The fourth-order valence-corrected chi connectivity index (χ4v) is 5.51. The van der Waals surface area contributed by atoms with Crippen molar-refractivity contribution in [3.8, 4) is 16.9 Å². The van der Waals surface area contributed by atoms with Crippen molar-refractivity contribution in [2.75, 3.05) is 26.2 Å². The van der Waals surface area contributed by atoms with Crippen molar-refractivity contribution in [2.24, 2.45) is 5.92 Å². The van der Waals surface area contributed by atoms with Gasteiger partial charge in [0.25, 0.3) is 11.8 Å². The van der Waals surface area contributed by atoms with Gasteiger partial charge in [0.2, 0.25) is 5.88 Å². The maximum Gasteiger partial charge on any atom is 0.309 e. The predicted octanol–water partition coefficient (Wildman–Crippen LogP) is 4.87. The Morgan fingerprint density at radius 1 is 1.19 bits per heavy atom. The molecule has 1 atom stereocenters. The van der Waals surface area contributed by atoms with E-state index in [0.29, 0.717) is 49.1 Å². The van der Waals surface area contributed by atoms with E-state index in [9.17, 15) is 18.8 Å². The summed E-state index contributed by atoms with van der Waals surface area (Å²) in [5.41, 5.74) is -0.155. The highest BCUT2D eigenvalue weighted by molar-refractivity contribution is 6.30. The molecule has 0 unspecified atom stereocenters. The molecule has 1 fully saturated rings. The molecule has 2 amide bonds. The van der Waals surface area contributed by atoms with Gasteiger partial charge in [0.15, 0.2) is 5.60 Å². The number of carboxylic acids is 1. The predicted molar refractivity (Wildman–Crippen MR) is 154 cm³/mol. The lowest BCUT2D eigenvalue weighted by Crippen LogP contribution is -2.58. The number of rotatable bonds is 7. The molecule has 0 radical (unpaired) electrons. The van der Waals surface area contributed by atoms with E-state index < -0.39 is 35.0 Å². The number of halogens is 3. The number of dihydropyridines is 1. The molecule has 3 aliphatic rings. The standard InChI is InChI=1S/C31H32ClF2N3O6/c1-17(29(39)40)16-42-26-7-5-20(33)14-23(26)18-4-6-22(24(34)12-18)28(38)36-10-8-21(9-11-36)37-25-13-19(32)15-35-27(25)43-31(2,3)30(37)41/h4-7,12-14,17,21,35H,8-11,15-16H2,1-3H3,(H,39,40)/t17-/m0/s1. The first-order valence-corrected chi connectivity index (χ1v) is 14.3. The van der Waals surface area contributed by atoms with E-state index in [4.69, 9.17) is 26.2 Å². The lowest BCUT2D eigenvalue weighted by Gasteiger charge is -2.46. The summed E-state index contributed by atoms with van der Waals surface area (Å²) in [6, 6.07) is 7.46. The Labute approximate surface area is 252 Å². The van der Waals surface area contributed by atoms with E-state index in [1.54, 1.807) is 29.7 Å². The van der Waals surface area contributed by atoms with Crippen LogP contribution in [0.15, 0.2) is 59.1 Å². The van der Waals surface area contributed by atoms with Crippen LogP contribution in [0.4, 0.5) is 8.78 Å². The highest BCUT2D eigenvalue weighted by Gasteiger charge is 2.46. The van der Waals surface area contributed by atoms with Crippen molar-refractivity contribution in [2.45, 2.75) is 45.3 Å². The minimum Gasteiger partial charge on any atom is -0.492 e. The number of carbonyl (C=O) groups is 3. The number of carboxylic acid groups (broad SMARTS) is 1. The van der Waals surface area contributed by atoms with Crippen LogP contribution in [-0.2, 0) is 14.3 Å². The molecule has 2 aromatic rings. The van der Waals surface area contributed by atoms with Gasteiger partial charge in [0.1, 0.15) is 29.7 Å². The van der Waals surface area contributed by atoms with Gasteiger partial charge in [-0.1, -0.05) is 17.7 Å². The number of nitrogens with zero attached hydrogens (tertiary/aromatic N) is 2. The van der Waals surface area contributed by atoms with Gasteiger partial charge in [-0.25, -0.2) is 8.78 Å². The lowest BCUT2D eigenvalue weighted by atomic mass is 9.96. The second-order valence-corrected chi connectivity index (χ2v) is 11.8. The fourth-order valence-electron chi connectivity index (χ4n) is 5.34. The molecular weight excluding hydrogens is 584 g/mol. The monoisotopic (exact) mass is 615 g/mol. The average molecular weight is 616 g/mol. The van der Waals surface area contributed by atoms with Crippen LogP contribution in [-0.4, -0.2) is 70.6 Å². The van der Waals surface area contributed by atoms with Crippen molar-refractivity contribution in [1.82, 2.24) is 15.1 Å². The summed E-state index contributed by atoms with van der Waals surface area (Å²) in [5, 5.41) is 12.8. The van der Waals surface area contributed by atoms with Crippen LogP contribution in [0.5, 0.6) is 5.75 Å². The number of hydrogen-bond donors (Lipinski definition) is 2. The highest BCUT2D eigenvalue weighted by Crippen LogP contribution is 2.36. The van der Waals surface area contributed by atoms with Crippen molar-refractivity contribution in [3.63, 3.8) is 0 Å². The van der Waals surface area contributed by atoms with Gasteiger partial charge in [-0.15, -0.1) is 0 Å². The largest absolute Gasteiger partial charge is 0.492 e. The first-order chi connectivity index (χ1) is 20.4. The summed E-state index contributed by atoms with van der Waals surface area (Å²) >= 11 is 6.25. The highest BCUT2D eigenvalue weighted by atomic mass is 35.5. The lowest BCUT2D eigenvalue weighted by molar-refractivity contribution is -0.156. The van der Waals surface area contributed by atoms with Gasteiger partial charge in [0.05, 0.1) is 18.0 Å². The van der Waals surface area contributed by atoms with Crippen LogP contribution < -0.4 is 10.1 Å². The maximum absolute atomic E-state index is 15.4. The third-order valence-corrected chi connectivity index (χ3v) is 8.02. The van der Waals surface area contributed by atoms with Crippen LogP contribution in [0.3, 0.4) is 0 Å². The van der Waals surface area contributed by atoms with Gasteiger partial charge in [-0.3, -0.25) is 14.4 Å². The zero-order chi connectivity index (χ0) is 31.1. The first-order valence-electron chi connectivity index (χ1n) is 14.0. The van der Waals surface area contributed by atoms with E-state index in [-0.39, 0.29) is 41.0 Å². The number of nitrogens with one attached hydrogen (secondary N) is 1. The molecule has 0 aromatic heterocycles.